The van der Waals surface area contributed by atoms with Gasteiger partial charge in [0.05, 0.1) is 0 Å². The normalized spacial score (nSPS) is 12.7. The number of nitrogens with one attached hydrogen (secondary N) is 1. The summed E-state index contributed by atoms with van der Waals surface area (Å²) in [6.07, 6.45) is 1.26. The van der Waals surface area contributed by atoms with Crippen molar-refractivity contribution in [2.24, 2.45) is 0 Å². The predicted molar refractivity (Wildman–Crippen MR) is 75.2 cm³/mol. The summed E-state index contributed by atoms with van der Waals surface area (Å²) in [5.74, 6) is 2.50. The Hall–Kier alpha value is -0.470. The Morgan fingerprint density at radius 2 is 2.19 bits per heavy atom. The molecule has 0 fully saturated rings. The smallest absolute Gasteiger partial charge is 0.0291 e. The first kappa shape index (κ1) is 13.6. The first-order valence-corrected chi connectivity index (χ1v) is 7.27. The van der Waals surface area contributed by atoms with Crippen molar-refractivity contribution in [3.63, 3.8) is 0 Å². The van der Waals surface area contributed by atoms with Crippen molar-refractivity contribution in [2.45, 2.75) is 33.2 Å². The number of hydrogen-bond donors (Lipinski definition) is 1. The van der Waals surface area contributed by atoms with Gasteiger partial charge in [-0.2, -0.15) is 11.8 Å². The Balaban J connectivity index is 2.27. The van der Waals surface area contributed by atoms with Crippen LogP contribution >= 0.6 is 11.8 Å². The lowest BCUT2D eigenvalue weighted by Crippen LogP contribution is -2.20. The lowest BCUT2D eigenvalue weighted by Gasteiger charge is -2.14. The minimum atomic E-state index is 0.464. The van der Waals surface area contributed by atoms with Gasteiger partial charge in [0, 0.05) is 6.04 Å². The molecule has 0 aliphatic heterocycles. The van der Waals surface area contributed by atoms with Gasteiger partial charge in [-0.3, -0.25) is 0 Å². The maximum absolute atomic E-state index is 3.57. The van der Waals surface area contributed by atoms with Gasteiger partial charge >= 0.3 is 0 Å². The van der Waals surface area contributed by atoms with Gasteiger partial charge in [-0.05, 0) is 43.9 Å². The maximum atomic E-state index is 3.57. The van der Waals surface area contributed by atoms with Crippen molar-refractivity contribution in [1.29, 1.82) is 0 Å². The molecule has 0 bridgehead atoms. The van der Waals surface area contributed by atoms with Gasteiger partial charge in [0.15, 0.2) is 0 Å². The Morgan fingerprint density at radius 3 is 2.88 bits per heavy atom. The molecule has 0 aliphatic rings. The van der Waals surface area contributed by atoms with Crippen molar-refractivity contribution in [2.75, 3.05) is 18.1 Å². The van der Waals surface area contributed by atoms with Crippen LogP contribution in [0.15, 0.2) is 24.3 Å². The zero-order valence-electron chi connectivity index (χ0n) is 10.6. The van der Waals surface area contributed by atoms with Crippen molar-refractivity contribution < 1.29 is 0 Å². The molecule has 1 rings (SSSR count). The van der Waals surface area contributed by atoms with E-state index in [1.165, 1.54) is 29.1 Å². The van der Waals surface area contributed by atoms with Crippen molar-refractivity contribution in [3.05, 3.63) is 35.4 Å². The Kier molecular flexibility index (Phi) is 6.58. The number of thioether (sulfide) groups is 1. The molecule has 0 amide bonds. The lowest BCUT2D eigenvalue weighted by atomic mass is 10.1. The first-order chi connectivity index (χ1) is 7.74. The van der Waals surface area contributed by atoms with Gasteiger partial charge in [-0.25, -0.2) is 0 Å². The Bertz CT molecular complexity index is 299. The van der Waals surface area contributed by atoms with E-state index >= 15 is 0 Å². The quantitative estimate of drug-likeness (QED) is 0.724. The molecule has 1 N–H and O–H groups in total. The molecule has 0 radical (unpaired) electrons. The van der Waals surface area contributed by atoms with Crippen molar-refractivity contribution in [1.82, 2.24) is 5.32 Å². The highest BCUT2D eigenvalue weighted by atomic mass is 32.2. The average Bonchev–Trinajstić information content (AvgIpc) is 2.28. The van der Waals surface area contributed by atoms with E-state index in [2.05, 4.69) is 50.4 Å². The van der Waals surface area contributed by atoms with E-state index in [-0.39, 0.29) is 0 Å². The molecule has 0 aromatic heterocycles. The first-order valence-electron chi connectivity index (χ1n) is 6.11. The van der Waals surface area contributed by atoms with E-state index in [4.69, 9.17) is 0 Å². The summed E-state index contributed by atoms with van der Waals surface area (Å²) < 4.78 is 0. The summed E-state index contributed by atoms with van der Waals surface area (Å²) in [6, 6.07) is 9.21. The van der Waals surface area contributed by atoms with Gasteiger partial charge in [-0.15, -0.1) is 0 Å². The zero-order valence-corrected chi connectivity index (χ0v) is 11.4. The molecule has 1 aromatic rings. The van der Waals surface area contributed by atoms with Crippen LogP contribution in [0.1, 0.15) is 37.4 Å². The van der Waals surface area contributed by atoms with E-state index in [0.717, 1.165) is 6.54 Å². The van der Waals surface area contributed by atoms with E-state index < -0.39 is 0 Å². The molecule has 16 heavy (non-hydrogen) atoms. The van der Waals surface area contributed by atoms with Gasteiger partial charge < -0.3 is 5.32 Å². The van der Waals surface area contributed by atoms with Crippen LogP contribution in [0, 0.1) is 6.92 Å². The lowest BCUT2D eigenvalue weighted by molar-refractivity contribution is 0.572. The van der Waals surface area contributed by atoms with E-state index in [1.54, 1.807) is 0 Å². The highest BCUT2D eigenvalue weighted by Crippen LogP contribution is 2.13. The monoisotopic (exact) mass is 237 g/mol. The summed E-state index contributed by atoms with van der Waals surface area (Å²) in [5.41, 5.74) is 2.73. The molecule has 0 spiro atoms. The number of hydrogen-bond acceptors (Lipinski definition) is 2. The molecule has 0 saturated carbocycles. The van der Waals surface area contributed by atoms with Crippen LogP contribution in [0.3, 0.4) is 0 Å². The fourth-order valence-electron chi connectivity index (χ4n) is 1.69. The number of benzene rings is 1. The molecule has 90 valence electrons. The summed E-state index contributed by atoms with van der Waals surface area (Å²) in [4.78, 5) is 0. The van der Waals surface area contributed by atoms with E-state index in [9.17, 15) is 0 Å². The van der Waals surface area contributed by atoms with Gasteiger partial charge in [0.2, 0.25) is 0 Å². The molecule has 1 nitrogen and oxygen atoms in total. The van der Waals surface area contributed by atoms with Crippen LogP contribution in [0.5, 0.6) is 0 Å². The molecule has 2 heteroatoms. The minimum Gasteiger partial charge on any atom is -0.310 e. The zero-order chi connectivity index (χ0) is 11.8. The van der Waals surface area contributed by atoms with Crippen LogP contribution in [-0.4, -0.2) is 18.1 Å². The van der Waals surface area contributed by atoms with Crippen LogP contribution in [-0.2, 0) is 0 Å². The molecule has 0 unspecified atom stereocenters. The highest BCUT2D eigenvalue weighted by Gasteiger charge is 2.03. The summed E-state index contributed by atoms with van der Waals surface area (Å²) in [5, 5.41) is 3.57. The summed E-state index contributed by atoms with van der Waals surface area (Å²) >= 11 is 2.02. The molecular weight excluding hydrogens is 214 g/mol. The van der Waals surface area contributed by atoms with Gasteiger partial charge in [0.1, 0.15) is 0 Å². The van der Waals surface area contributed by atoms with Gasteiger partial charge in [-0.1, -0.05) is 36.8 Å². The number of aryl methyl sites for hydroxylation is 1. The molecule has 0 saturated heterocycles. The molecule has 0 heterocycles. The van der Waals surface area contributed by atoms with Crippen LogP contribution in [0.25, 0.3) is 0 Å². The third kappa shape index (κ3) is 5.04. The third-order valence-electron chi connectivity index (χ3n) is 2.66. The largest absolute Gasteiger partial charge is 0.310 e. The average molecular weight is 237 g/mol. The third-order valence-corrected chi connectivity index (χ3v) is 3.65. The summed E-state index contributed by atoms with van der Waals surface area (Å²) in [6.45, 7) is 7.71. The second-order valence-electron chi connectivity index (χ2n) is 4.14. The highest BCUT2D eigenvalue weighted by molar-refractivity contribution is 7.99. The Labute approximate surface area is 104 Å². The van der Waals surface area contributed by atoms with Crippen LogP contribution in [0.2, 0.25) is 0 Å². The molecule has 0 aliphatic carbocycles. The second-order valence-corrected chi connectivity index (χ2v) is 5.53. The Morgan fingerprint density at radius 1 is 1.38 bits per heavy atom. The molecular formula is C14H23NS. The number of rotatable bonds is 7. The SMILES string of the molecule is CCSCCCN[C@@H](C)c1cccc(C)c1. The topological polar surface area (TPSA) is 12.0 Å². The molecule has 1 atom stereocenters. The fourth-order valence-corrected chi connectivity index (χ4v) is 2.33. The standard InChI is InChI=1S/C14H23NS/c1-4-16-10-6-9-15-13(3)14-8-5-7-12(2)11-14/h5,7-8,11,13,15H,4,6,9-10H2,1-3H3/t13-/m0/s1. The van der Waals surface area contributed by atoms with Crippen LogP contribution in [0.4, 0.5) is 0 Å². The summed E-state index contributed by atoms with van der Waals surface area (Å²) in [7, 11) is 0. The van der Waals surface area contributed by atoms with Crippen molar-refractivity contribution in [3.8, 4) is 0 Å². The van der Waals surface area contributed by atoms with Gasteiger partial charge in [0.25, 0.3) is 0 Å². The van der Waals surface area contributed by atoms with E-state index in [1.807, 2.05) is 11.8 Å². The fraction of sp³-hybridized carbons (Fsp3) is 0.571. The predicted octanol–water partition coefficient (Wildman–Crippen LogP) is 3.79. The van der Waals surface area contributed by atoms with E-state index in [0.29, 0.717) is 6.04 Å². The minimum absolute atomic E-state index is 0.464. The van der Waals surface area contributed by atoms with Crippen LogP contribution < -0.4 is 5.32 Å². The maximum Gasteiger partial charge on any atom is 0.0291 e. The molecule has 1 aromatic carbocycles. The van der Waals surface area contributed by atoms with Crippen molar-refractivity contribution >= 4 is 11.8 Å². The second kappa shape index (κ2) is 7.75.